The minimum absolute atomic E-state index is 0.0300. The maximum atomic E-state index is 11.8. The van der Waals surface area contributed by atoms with Crippen LogP contribution in [0.15, 0.2) is 30.3 Å². The van der Waals surface area contributed by atoms with E-state index in [0.717, 1.165) is 5.69 Å². The van der Waals surface area contributed by atoms with Crippen molar-refractivity contribution >= 4 is 21.5 Å². The van der Waals surface area contributed by atoms with Crippen molar-refractivity contribution in [2.45, 2.75) is 6.92 Å². The van der Waals surface area contributed by atoms with Gasteiger partial charge < -0.3 is 10.5 Å². The number of aryl methyl sites for hydroxylation is 1. The van der Waals surface area contributed by atoms with Gasteiger partial charge >= 0.3 is 0 Å². The largest absolute Gasteiger partial charge is 0.492 e. The van der Waals surface area contributed by atoms with E-state index >= 15 is 0 Å². The Morgan fingerprint density at radius 1 is 1.40 bits per heavy atom. The number of benzene rings is 1. The van der Waals surface area contributed by atoms with E-state index in [1.54, 1.807) is 37.3 Å². The molecule has 0 amide bonds. The normalized spacial score (nSPS) is 11.2. The molecule has 0 radical (unpaired) electrons. The average Bonchev–Trinajstić information content (AvgIpc) is 2.73. The Balaban J connectivity index is 1.86. The molecule has 1 heterocycles. The summed E-state index contributed by atoms with van der Waals surface area (Å²) in [6.07, 6.45) is 0. The molecule has 2 rings (SSSR count). The Morgan fingerprint density at radius 2 is 2.20 bits per heavy atom. The van der Waals surface area contributed by atoms with E-state index in [4.69, 9.17) is 10.5 Å². The van der Waals surface area contributed by atoms with Crippen LogP contribution in [0.5, 0.6) is 5.75 Å². The topological polar surface area (TPSA) is 110 Å². The predicted molar refractivity (Wildman–Crippen MR) is 77.1 cm³/mol. The van der Waals surface area contributed by atoms with Gasteiger partial charge in [-0.25, -0.2) is 8.42 Å². The molecule has 0 fully saturated rings. The maximum Gasteiger partial charge on any atom is 0.237 e. The van der Waals surface area contributed by atoms with Crippen LogP contribution in [0.3, 0.4) is 0 Å². The maximum absolute atomic E-state index is 11.8. The van der Waals surface area contributed by atoms with E-state index in [1.807, 2.05) is 0 Å². The number of nitrogens with zero attached hydrogens (tertiary/aromatic N) is 1. The summed E-state index contributed by atoms with van der Waals surface area (Å²) in [4.78, 5) is 0. The van der Waals surface area contributed by atoms with Crippen molar-refractivity contribution in [2.24, 2.45) is 0 Å². The summed E-state index contributed by atoms with van der Waals surface area (Å²) < 4.78 is 31.3. The van der Waals surface area contributed by atoms with Crippen LogP contribution in [-0.2, 0) is 10.0 Å². The van der Waals surface area contributed by atoms with Gasteiger partial charge in [0.25, 0.3) is 0 Å². The van der Waals surface area contributed by atoms with Gasteiger partial charge in [-0.15, -0.1) is 0 Å². The van der Waals surface area contributed by atoms with Crippen LogP contribution < -0.4 is 15.2 Å². The molecule has 2 aromatic rings. The van der Waals surface area contributed by atoms with E-state index in [1.165, 1.54) is 0 Å². The molecule has 1 aromatic carbocycles. The van der Waals surface area contributed by atoms with Crippen LogP contribution in [-0.4, -0.2) is 31.0 Å². The summed E-state index contributed by atoms with van der Waals surface area (Å²) in [5, 5.41) is 6.46. The summed E-state index contributed by atoms with van der Waals surface area (Å²) in [7, 11) is -3.49. The lowest BCUT2D eigenvalue weighted by atomic mass is 10.3. The summed E-state index contributed by atoms with van der Waals surface area (Å²) in [6, 6.07) is 8.43. The standard InChI is InChI=1S/C12H16N4O3S/c1-9-7-12(15-14-9)16-20(17,18)6-5-19-11-4-2-3-10(13)8-11/h2-4,7-8H,5-6,13H2,1H3,(H2,14,15,16). The minimum Gasteiger partial charge on any atom is -0.492 e. The van der Waals surface area contributed by atoms with Gasteiger partial charge in [-0.1, -0.05) is 6.07 Å². The lowest BCUT2D eigenvalue weighted by Crippen LogP contribution is -2.21. The fourth-order valence-electron chi connectivity index (χ4n) is 1.55. The molecule has 0 aliphatic carbocycles. The van der Waals surface area contributed by atoms with E-state index in [-0.39, 0.29) is 18.2 Å². The van der Waals surface area contributed by atoms with Crippen molar-refractivity contribution in [1.82, 2.24) is 10.2 Å². The highest BCUT2D eigenvalue weighted by Crippen LogP contribution is 2.14. The molecule has 0 bridgehead atoms. The lowest BCUT2D eigenvalue weighted by Gasteiger charge is -2.08. The number of sulfonamides is 1. The van der Waals surface area contributed by atoms with Crippen LogP contribution in [0.2, 0.25) is 0 Å². The van der Waals surface area contributed by atoms with Gasteiger partial charge in [-0.3, -0.25) is 9.82 Å². The number of anilines is 2. The molecular formula is C12H16N4O3S. The zero-order chi connectivity index (χ0) is 14.6. The molecule has 0 unspecified atom stereocenters. The number of nitrogen functional groups attached to an aromatic ring is 1. The van der Waals surface area contributed by atoms with E-state index in [9.17, 15) is 8.42 Å². The lowest BCUT2D eigenvalue weighted by molar-refractivity contribution is 0.341. The highest BCUT2D eigenvalue weighted by Gasteiger charge is 2.12. The fourth-order valence-corrected chi connectivity index (χ4v) is 2.38. The van der Waals surface area contributed by atoms with Crippen molar-refractivity contribution in [3.8, 4) is 5.75 Å². The fraction of sp³-hybridized carbons (Fsp3) is 0.250. The Labute approximate surface area is 117 Å². The predicted octanol–water partition coefficient (Wildman–Crippen LogP) is 1.12. The van der Waals surface area contributed by atoms with Crippen molar-refractivity contribution < 1.29 is 13.2 Å². The third-order valence-corrected chi connectivity index (χ3v) is 3.67. The molecule has 0 spiro atoms. The smallest absolute Gasteiger partial charge is 0.237 e. The average molecular weight is 296 g/mol. The summed E-state index contributed by atoms with van der Waals surface area (Å²) in [6.45, 7) is 1.82. The molecule has 0 atom stereocenters. The Kier molecular flexibility index (Phi) is 4.14. The summed E-state index contributed by atoms with van der Waals surface area (Å²) in [5.41, 5.74) is 6.94. The van der Waals surface area contributed by atoms with Gasteiger partial charge in [0.05, 0.1) is 0 Å². The number of H-pyrrole nitrogens is 1. The summed E-state index contributed by atoms with van der Waals surface area (Å²) in [5.74, 6) is 0.635. The first-order chi connectivity index (χ1) is 9.44. The van der Waals surface area contributed by atoms with Gasteiger partial charge in [-0.2, -0.15) is 5.10 Å². The number of aromatic amines is 1. The van der Waals surface area contributed by atoms with Crippen molar-refractivity contribution in [1.29, 1.82) is 0 Å². The first-order valence-corrected chi connectivity index (χ1v) is 7.61. The third kappa shape index (κ3) is 4.16. The van der Waals surface area contributed by atoms with Crippen LogP contribution >= 0.6 is 0 Å². The Morgan fingerprint density at radius 3 is 2.85 bits per heavy atom. The number of ether oxygens (including phenoxy) is 1. The second kappa shape index (κ2) is 5.83. The van der Waals surface area contributed by atoms with Gasteiger partial charge in [0.15, 0.2) is 5.82 Å². The quantitative estimate of drug-likeness (QED) is 0.692. The molecule has 7 nitrogen and oxygen atoms in total. The number of hydrogen-bond donors (Lipinski definition) is 3. The zero-order valence-corrected chi connectivity index (χ0v) is 11.8. The first kappa shape index (κ1) is 14.2. The molecule has 20 heavy (non-hydrogen) atoms. The molecule has 1 aromatic heterocycles. The van der Waals surface area contributed by atoms with Crippen LogP contribution in [0.25, 0.3) is 0 Å². The SMILES string of the molecule is Cc1cc(NS(=O)(=O)CCOc2cccc(N)c2)n[nH]1. The second-order valence-electron chi connectivity index (χ2n) is 4.28. The van der Waals surface area contributed by atoms with E-state index < -0.39 is 10.0 Å². The van der Waals surface area contributed by atoms with Gasteiger partial charge in [0.2, 0.25) is 10.0 Å². The minimum atomic E-state index is -3.49. The van der Waals surface area contributed by atoms with E-state index in [2.05, 4.69) is 14.9 Å². The first-order valence-electron chi connectivity index (χ1n) is 5.95. The Hall–Kier alpha value is -2.22. The van der Waals surface area contributed by atoms with E-state index in [0.29, 0.717) is 11.4 Å². The number of aromatic nitrogens is 2. The molecule has 0 aliphatic rings. The van der Waals surface area contributed by atoms with Crippen molar-refractivity contribution in [2.75, 3.05) is 22.8 Å². The summed E-state index contributed by atoms with van der Waals surface area (Å²) >= 11 is 0. The molecular weight excluding hydrogens is 280 g/mol. The van der Waals surface area contributed by atoms with Crippen molar-refractivity contribution in [3.63, 3.8) is 0 Å². The monoisotopic (exact) mass is 296 g/mol. The van der Waals surface area contributed by atoms with Crippen LogP contribution in [0.4, 0.5) is 11.5 Å². The number of rotatable bonds is 6. The van der Waals surface area contributed by atoms with Gasteiger partial charge in [0, 0.05) is 23.5 Å². The molecule has 8 heteroatoms. The van der Waals surface area contributed by atoms with Crippen LogP contribution in [0.1, 0.15) is 5.69 Å². The third-order valence-electron chi connectivity index (χ3n) is 2.44. The molecule has 4 N–H and O–H groups in total. The molecule has 0 aliphatic heterocycles. The molecule has 0 saturated heterocycles. The number of nitrogens with two attached hydrogens (primary N) is 1. The highest BCUT2D eigenvalue weighted by molar-refractivity contribution is 7.92. The number of nitrogens with one attached hydrogen (secondary N) is 2. The number of hydrogen-bond acceptors (Lipinski definition) is 5. The van der Waals surface area contributed by atoms with Crippen LogP contribution in [0, 0.1) is 6.92 Å². The molecule has 108 valence electrons. The second-order valence-corrected chi connectivity index (χ2v) is 6.12. The van der Waals surface area contributed by atoms with Gasteiger partial charge in [0.1, 0.15) is 18.1 Å². The highest BCUT2D eigenvalue weighted by atomic mass is 32.2. The van der Waals surface area contributed by atoms with Gasteiger partial charge in [-0.05, 0) is 19.1 Å². The molecule has 0 saturated carbocycles. The zero-order valence-electron chi connectivity index (χ0n) is 11.0. The van der Waals surface area contributed by atoms with Crippen molar-refractivity contribution in [3.05, 3.63) is 36.0 Å². The Bertz CT molecular complexity index is 682.